The van der Waals surface area contributed by atoms with Gasteiger partial charge in [-0.15, -0.1) is 0 Å². The van der Waals surface area contributed by atoms with Gasteiger partial charge >= 0.3 is 0 Å². The van der Waals surface area contributed by atoms with E-state index in [0.29, 0.717) is 43.0 Å². The van der Waals surface area contributed by atoms with Gasteiger partial charge in [0.1, 0.15) is 11.4 Å². The average molecular weight is 408 g/mol. The first-order chi connectivity index (χ1) is 14.5. The second-order valence-corrected chi connectivity index (χ2v) is 7.26. The highest BCUT2D eigenvalue weighted by Crippen LogP contribution is 2.32. The molecule has 0 radical (unpaired) electrons. The molecule has 0 unspecified atom stereocenters. The summed E-state index contributed by atoms with van der Waals surface area (Å²) < 4.78 is 10.6. The van der Waals surface area contributed by atoms with Crippen LogP contribution in [-0.4, -0.2) is 43.6 Å². The summed E-state index contributed by atoms with van der Waals surface area (Å²) in [7, 11) is 1.60. The van der Waals surface area contributed by atoms with Crippen LogP contribution in [0.15, 0.2) is 48.2 Å². The minimum absolute atomic E-state index is 0.298. The number of anilines is 1. The molecule has 0 saturated carbocycles. The van der Waals surface area contributed by atoms with E-state index in [1.165, 1.54) is 4.90 Å². The van der Waals surface area contributed by atoms with Gasteiger partial charge in [0.2, 0.25) is 0 Å². The van der Waals surface area contributed by atoms with Gasteiger partial charge in [-0.3, -0.25) is 14.5 Å². The first-order valence-electron chi connectivity index (χ1n) is 10.1. The van der Waals surface area contributed by atoms with E-state index in [0.717, 1.165) is 22.6 Å². The zero-order valence-corrected chi connectivity index (χ0v) is 18.0. The van der Waals surface area contributed by atoms with Crippen molar-refractivity contribution in [2.45, 2.75) is 27.2 Å². The van der Waals surface area contributed by atoms with Crippen LogP contribution in [0.5, 0.6) is 5.75 Å². The standard InChI is InChI=1S/C24H28N2O4/c1-5-30-19-11-9-18(10-12-19)21-22(25-20-15-16(2)7-8-17(20)3)24(28)26(23(21)27)13-6-14-29-4/h7-12,15,25H,5-6,13-14H2,1-4H3. The fraction of sp³-hybridized carbons (Fsp3) is 0.333. The zero-order chi connectivity index (χ0) is 21.7. The summed E-state index contributed by atoms with van der Waals surface area (Å²) in [5.74, 6) is 0.105. The van der Waals surface area contributed by atoms with Gasteiger partial charge in [-0.05, 0) is 62.1 Å². The molecule has 30 heavy (non-hydrogen) atoms. The van der Waals surface area contributed by atoms with Crippen molar-refractivity contribution in [1.29, 1.82) is 0 Å². The Morgan fingerprint density at radius 3 is 2.40 bits per heavy atom. The molecule has 2 aromatic rings. The van der Waals surface area contributed by atoms with Crippen molar-refractivity contribution < 1.29 is 19.1 Å². The summed E-state index contributed by atoms with van der Waals surface area (Å²) in [5, 5.41) is 3.24. The Morgan fingerprint density at radius 2 is 1.73 bits per heavy atom. The number of carbonyl (C=O) groups is 2. The van der Waals surface area contributed by atoms with E-state index in [-0.39, 0.29) is 11.8 Å². The third-order valence-corrected chi connectivity index (χ3v) is 5.00. The zero-order valence-electron chi connectivity index (χ0n) is 18.0. The molecule has 158 valence electrons. The predicted octanol–water partition coefficient (Wildman–Crippen LogP) is 3.93. The molecule has 6 heteroatoms. The Kier molecular flexibility index (Phi) is 6.90. The van der Waals surface area contributed by atoms with Crippen molar-refractivity contribution in [2.24, 2.45) is 0 Å². The van der Waals surface area contributed by atoms with Crippen LogP contribution in [0.25, 0.3) is 5.57 Å². The Morgan fingerprint density at radius 1 is 1.00 bits per heavy atom. The smallest absolute Gasteiger partial charge is 0.278 e. The van der Waals surface area contributed by atoms with Crippen LogP contribution in [0.2, 0.25) is 0 Å². The lowest BCUT2D eigenvalue weighted by Gasteiger charge is -2.15. The molecule has 0 fully saturated rings. The maximum atomic E-state index is 13.2. The molecule has 0 atom stereocenters. The minimum Gasteiger partial charge on any atom is -0.494 e. The first kappa shape index (κ1) is 21.6. The Hall–Kier alpha value is -3.12. The lowest BCUT2D eigenvalue weighted by Crippen LogP contribution is -2.34. The van der Waals surface area contributed by atoms with E-state index in [4.69, 9.17) is 9.47 Å². The molecule has 1 aliphatic heterocycles. The highest BCUT2D eigenvalue weighted by atomic mass is 16.5. The number of benzene rings is 2. The van der Waals surface area contributed by atoms with E-state index in [1.54, 1.807) is 7.11 Å². The number of aryl methyl sites for hydroxylation is 2. The summed E-state index contributed by atoms with van der Waals surface area (Å²) in [6, 6.07) is 13.2. The summed E-state index contributed by atoms with van der Waals surface area (Å²) >= 11 is 0. The van der Waals surface area contributed by atoms with Gasteiger partial charge in [-0.25, -0.2) is 0 Å². The molecule has 0 bridgehead atoms. The number of rotatable bonds is 9. The van der Waals surface area contributed by atoms with Crippen molar-refractivity contribution >= 4 is 23.1 Å². The summed E-state index contributed by atoms with van der Waals surface area (Å²) in [4.78, 5) is 27.7. The van der Waals surface area contributed by atoms with Gasteiger partial charge in [0.25, 0.3) is 11.8 Å². The number of ether oxygens (including phenoxy) is 2. The Bertz CT molecular complexity index is 964. The number of amides is 2. The van der Waals surface area contributed by atoms with E-state index in [1.807, 2.05) is 63.2 Å². The van der Waals surface area contributed by atoms with Crippen LogP contribution in [0.4, 0.5) is 5.69 Å². The molecule has 0 aromatic heterocycles. The molecular formula is C24H28N2O4. The third-order valence-electron chi connectivity index (χ3n) is 5.00. The largest absolute Gasteiger partial charge is 0.494 e. The van der Waals surface area contributed by atoms with E-state index in [9.17, 15) is 9.59 Å². The normalized spacial score (nSPS) is 13.9. The number of nitrogens with one attached hydrogen (secondary N) is 1. The number of hydrogen-bond donors (Lipinski definition) is 1. The molecule has 1 heterocycles. The Balaban J connectivity index is 2.01. The highest BCUT2D eigenvalue weighted by Gasteiger charge is 2.39. The van der Waals surface area contributed by atoms with Crippen molar-refractivity contribution in [1.82, 2.24) is 4.90 Å². The molecule has 0 spiro atoms. The number of hydrogen-bond acceptors (Lipinski definition) is 5. The fourth-order valence-corrected chi connectivity index (χ4v) is 3.42. The van der Waals surface area contributed by atoms with Crippen LogP contribution in [-0.2, 0) is 14.3 Å². The first-order valence-corrected chi connectivity index (χ1v) is 10.1. The molecule has 1 N–H and O–H groups in total. The Labute approximate surface area is 177 Å². The quantitative estimate of drug-likeness (QED) is 0.503. The summed E-state index contributed by atoms with van der Waals surface area (Å²) in [5.41, 5.74) is 4.24. The third kappa shape index (κ3) is 4.54. The van der Waals surface area contributed by atoms with Gasteiger partial charge in [0.15, 0.2) is 0 Å². The van der Waals surface area contributed by atoms with Gasteiger partial charge in [0.05, 0.1) is 12.2 Å². The molecule has 2 amide bonds. The molecule has 0 saturated heterocycles. The highest BCUT2D eigenvalue weighted by molar-refractivity contribution is 6.36. The van der Waals surface area contributed by atoms with Crippen LogP contribution < -0.4 is 10.1 Å². The lowest BCUT2D eigenvalue weighted by molar-refractivity contribution is -0.136. The SMILES string of the molecule is CCOc1ccc(C2=C(Nc3cc(C)ccc3C)C(=O)N(CCCOC)C2=O)cc1. The monoisotopic (exact) mass is 408 g/mol. The maximum Gasteiger partial charge on any atom is 0.278 e. The summed E-state index contributed by atoms with van der Waals surface area (Å²) in [6.45, 7) is 7.23. The number of nitrogens with zero attached hydrogens (tertiary/aromatic N) is 1. The van der Waals surface area contributed by atoms with Crippen molar-refractivity contribution in [3.63, 3.8) is 0 Å². The van der Waals surface area contributed by atoms with Crippen molar-refractivity contribution in [2.75, 3.05) is 32.2 Å². The second kappa shape index (κ2) is 9.59. The predicted molar refractivity (Wildman–Crippen MR) is 117 cm³/mol. The van der Waals surface area contributed by atoms with E-state index >= 15 is 0 Å². The van der Waals surface area contributed by atoms with Crippen LogP contribution in [0.3, 0.4) is 0 Å². The van der Waals surface area contributed by atoms with Gasteiger partial charge in [-0.1, -0.05) is 24.3 Å². The van der Waals surface area contributed by atoms with Crippen LogP contribution in [0, 0.1) is 13.8 Å². The van der Waals surface area contributed by atoms with Gasteiger partial charge in [-0.2, -0.15) is 0 Å². The molecule has 0 aliphatic carbocycles. The van der Waals surface area contributed by atoms with Crippen molar-refractivity contribution in [3.8, 4) is 5.75 Å². The summed E-state index contributed by atoms with van der Waals surface area (Å²) in [6.07, 6.45) is 0.585. The van der Waals surface area contributed by atoms with E-state index in [2.05, 4.69) is 5.32 Å². The molecular weight excluding hydrogens is 380 g/mol. The van der Waals surface area contributed by atoms with Gasteiger partial charge in [0, 0.05) is 25.9 Å². The van der Waals surface area contributed by atoms with Crippen LogP contribution in [0.1, 0.15) is 30.0 Å². The average Bonchev–Trinajstić information content (AvgIpc) is 2.96. The topological polar surface area (TPSA) is 67.9 Å². The minimum atomic E-state index is -0.319. The van der Waals surface area contributed by atoms with Crippen molar-refractivity contribution in [3.05, 3.63) is 64.9 Å². The number of methoxy groups -OCH3 is 1. The number of imide groups is 1. The van der Waals surface area contributed by atoms with E-state index < -0.39 is 0 Å². The molecule has 1 aliphatic rings. The maximum absolute atomic E-state index is 13.2. The molecule has 6 nitrogen and oxygen atoms in total. The number of carbonyl (C=O) groups excluding carboxylic acids is 2. The lowest BCUT2D eigenvalue weighted by atomic mass is 10.0. The van der Waals surface area contributed by atoms with Crippen LogP contribution >= 0.6 is 0 Å². The molecule has 2 aromatic carbocycles. The second-order valence-electron chi connectivity index (χ2n) is 7.26. The van der Waals surface area contributed by atoms with Gasteiger partial charge < -0.3 is 14.8 Å². The fourth-order valence-electron chi connectivity index (χ4n) is 3.42. The molecule has 3 rings (SSSR count).